The maximum Gasteiger partial charge on any atom is 0.165 e. The monoisotopic (exact) mass is 237 g/mol. The summed E-state index contributed by atoms with van der Waals surface area (Å²) in [5, 5.41) is 3.24. The van der Waals surface area contributed by atoms with Crippen LogP contribution in [0.2, 0.25) is 0 Å². The van der Waals surface area contributed by atoms with Gasteiger partial charge in [0.05, 0.1) is 0 Å². The van der Waals surface area contributed by atoms with Crippen LogP contribution in [0.3, 0.4) is 0 Å². The van der Waals surface area contributed by atoms with Crippen LogP contribution in [0.25, 0.3) is 0 Å². The maximum atomic E-state index is 13.7. The lowest BCUT2D eigenvalue weighted by Crippen LogP contribution is -2.17. The molecule has 0 aromatic heterocycles. The van der Waals surface area contributed by atoms with Gasteiger partial charge in [0.1, 0.15) is 6.10 Å². The molecular weight excluding hydrogens is 217 g/mol. The summed E-state index contributed by atoms with van der Waals surface area (Å²) in [6.45, 7) is 9.08. The minimum atomic E-state index is -0.325. The van der Waals surface area contributed by atoms with Crippen LogP contribution in [0.5, 0.6) is 5.75 Å². The second kappa shape index (κ2) is 7.07. The molecule has 0 amide bonds. The van der Waals surface area contributed by atoms with Crippen molar-refractivity contribution in [3.8, 4) is 5.75 Å². The van der Waals surface area contributed by atoms with E-state index in [0.29, 0.717) is 12.3 Å². The van der Waals surface area contributed by atoms with E-state index in [9.17, 15) is 4.39 Å². The molecular formula is C14H20FNO. The lowest BCUT2D eigenvalue weighted by molar-refractivity contribution is 0.253. The van der Waals surface area contributed by atoms with Gasteiger partial charge in [-0.1, -0.05) is 31.7 Å². The Morgan fingerprint density at radius 2 is 2.29 bits per heavy atom. The average Bonchev–Trinajstić information content (AvgIpc) is 2.33. The van der Waals surface area contributed by atoms with E-state index in [0.717, 1.165) is 18.5 Å². The standard InChI is InChI=1S/C14H20FNO/c1-4-9-16-10-12-7-6-8-13(15)14(12)17-11(3)5-2/h5-8,11,16H,2,4,9-10H2,1,3H3. The van der Waals surface area contributed by atoms with Crippen molar-refractivity contribution in [1.29, 1.82) is 0 Å². The van der Waals surface area contributed by atoms with Gasteiger partial charge in [0, 0.05) is 12.1 Å². The Balaban J connectivity index is 2.80. The molecule has 1 N–H and O–H groups in total. The van der Waals surface area contributed by atoms with Gasteiger partial charge in [-0.2, -0.15) is 0 Å². The highest BCUT2D eigenvalue weighted by atomic mass is 19.1. The second-order valence-corrected chi connectivity index (χ2v) is 3.96. The van der Waals surface area contributed by atoms with E-state index in [2.05, 4.69) is 18.8 Å². The van der Waals surface area contributed by atoms with Crippen LogP contribution >= 0.6 is 0 Å². The van der Waals surface area contributed by atoms with Gasteiger partial charge in [-0.05, 0) is 26.0 Å². The topological polar surface area (TPSA) is 21.3 Å². The van der Waals surface area contributed by atoms with Gasteiger partial charge < -0.3 is 10.1 Å². The molecule has 1 rings (SSSR count). The van der Waals surface area contributed by atoms with Crippen molar-refractivity contribution in [3.63, 3.8) is 0 Å². The fourth-order valence-electron chi connectivity index (χ4n) is 1.46. The highest BCUT2D eigenvalue weighted by Crippen LogP contribution is 2.23. The van der Waals surface area contributed by atoms with Gasteiger partial charge in [0.15, 0.2) is 11.6 Å². The Morgan fingerprint density at radius 1 is 1.53 bits per heavy atom. The van der Waals surface area contributed by atoms with Crippen molar-refractivity contribution >= 4 is 0 Å². The summed E-state index contributed by atoms with van der Waals surface area (Å²) < 4.78 is 19.2. The van der Waals surface area contributed by atoms with Crippen molar-refractivity contribution in [2.45, 2.75) is 32.9 Å². The van der Waals surface area contributed by atoms with Crippen molar-refractivity contribution < 1.29 is 9.13 Å². The first-order valence-corrected chi connectivity index (χ1v) is 5.96. The molecule has 0 saturated carbocycles. The Hall–Kier alpha value is -1.35. The summed E-state index contributed by atoms with van der Waals surface area (Å²) in [5.41, 5.74) is 0.840. The first-order chi connectivity index (χ1) is 8.19. The fourth-order valence-corrected chi connectivity index (χ4v) is 1.46. The highest BCUT2D eigenvalue weighted by molar-refractivity contribution is 5.35. The van der Waals surface area contributed by atoms with E-state index in [-0.39, 0.29) is 11.9 Å². The molecule has 0 fully saturated rings. The number of rotatable bonds is 7. The van der Waals surface area contributed by atoms with Gasteiger partial charge in [-0.25, -0.2) is 4.39 Å². The summed E-state index contributed by atoms with van der Waals surface area (Å²) in [4.78, 5) is 0. The van der Waals surface area contributed by atoms with E-state index >= 15 is 0 Å². The van der Waals surface area contributed by atoms with Crippen LogP contribution in [-0.4, -0.2) is 12.6 Å². The Morgan fingerprint density at radius 3 is 2.94 bits per heavy atom. The number of hydrogen-bond acceptors (Lipinski definition) is 2. The molecule has 1 unspecified atom stereocenters. The minimum Gasteiger partial charge on any atom is -0.483 e. The Bertz CT molecular complexity index is 365. The van der Waals surface area contributed by atoms with Crippen LogP contribution in [0, 0.1) is 5.82 Å². The minimum absolute atomic E-state index is 0.197. The number of benzene rings is 1. The maximum absolute atomic E-state index is 13.7. The van der Waals surface area contributed by atoms with Gasteiger partial charge in [0.2, 0.25) is 0 Å². The highest BCUT2D eigenvalue weighted by Gasteiger charge is 2.11. The quantitative estimate of drug-likeness (QED) is 0.580. The third-order valence-corrected chi connectivity index (χ3v) is 2.43. The zero-order valence-electron chi connectivity index (χ0n) is 10.5. The Kier molecular flexibility index (Phi) is 5.70. The first kappa shape index (κ1) is 13.7. The Labute approximate surface area is 102 Å². The van der Waals surface area contributed by atoms with Gasteiger partial charge in [-0.15, -0.1) is 0 Å². The molecule has 0 heterocycles. The van der Waals surface area contributed by atoms with E-state index in [4.69, 9.17) is 4.74 Å². The molecule has 0 bridgehead atoms. The molecule has 0 radical (unpaired) electrons. The summed E-state index contributed by atoms with van der Waals surface area (Å²) in [6, 6.07) is 4.98. The molecule has 17 heavy (non-hydrogen) atoms. The zero-order chi connectivity index (χ0) is 12.7. The zero-order valence-corrected chi connectivity index (χ0v) is 10.5. The van der Waals surface area contributed by atoms with Crippen molar-refractivity contribution in [2.75, 3.05) is 6.54 Å². The number of hydrogen-bond donors (Lipinski definition) is 1. The summed E-state index contributed by atoms with van der Waals surface area (Å²) in [5.74, 6) is -0.00185. The molecule has 1 aromatic rings. The number of para-hydroxylation sites is 1. The third-order valence-electron chi connectivity index (χ3n) is 2.43. The normalized spacial score (nSPS) is 12.2. The molecule has 94 valence electrons. The van der Waals surface area contributed by atoms with E-state index in [1.54, 1.807) is 12.1 Å². The van der Waals surface area contributed by atoms with Crippen LogP contribution in [0.4, 0.5) is 4.39 Å². The van der Waals surface area contributed by atoms with Crippen molar-refractivity contribution in [1.82, 2.24) is 5.32 Å². The lowest BCUT2D eigenvalue weighted by Gasteiger charge is -2.15. The van der Waals surface area contributed by atoms with Crippen molar-refractivity contribution in [2.24, 2.45) is 0 Å². The predicted molar refractivity (Wildman–Crippen MR) is 68.7 cm³/mol. The average molecular weight is 237 g/mol. The van der Waals surface area contributed by atoms with Crippen LogP contribution in [0.1, 0.15) is 25.8 Å². The molecule has 3 heteroatoms. The van der Waals surface area contributed by atoms with Crippen molar-refractivity contribution in [3.05, 3.63) is 42.2 Å². The molecule has 0 spiro atoms. The molecule has 1 atom stereocenters. The smallest absolute Gasteiger partial charge is 0.165 e. The largest absolute Gasteiger partial charge is 0.483 e. The molecule has 0 aliphatic carbocycles. The SMILES string of the molecule is C=CC(C)Oc1c(F)cccc1CNCCC. The molecule has 0 aliphatic rings. The summed E-state index contributed by atoms with van der Waals surface area (Å²) in [7, 11) is 0. The van der Waals surface area contributed by atoms with E-state index in [1.807, 2.05) is 13.0 Å². The third kappa shape index (κ3) is 4.19. The van der Waals surface area contributed by atoms with Gasteiger partial charge >= 0.3 is 0 Å². The summed E-state index contributed by atoms with van der Waals surface area (Å²) >= 11 is 0. The summed E-state index contributed by atoms with van der Waals surface area (Å²) in [6.07, 6.45) is 2.50. The van der Waals surface area contributed by atoms with E-state index in [1.165, 1.54) is 6.07 Å². The number of halogens is 1. The number of ether oxygens (including phenoxy) is 1. The van der Waals surface area contributed by atoms with Crippen LogP contribution in [0.15, 0.2) is 30.9 Å². The van der Waals surface area contributed by atoms with Gasteiger partial charge in [-0.3, -0.25) is 0 Å². The van der Waals surface area contributed by atoms with Crippen LogP contribution < -0.4 is 10.1 Å². The van der Waals surface area contributed by atoms with E-state index < -0.39 is 0 Å². The number of nitrogens with one attached hydrogen (secondary N) is 1. The molecule has 0 saturated heterocycles. The second-order valence-electron chi connectivity index (χ2n) is 3.96. The molecule has 0 aliphatic heterocycles. The molecule has 1 aromatic carbocycles. The van der Waals surface area contributed by atoms with Gasteiger partial charge in [0.25, 0.3) is 0 Å². The fraction of sp³-hybridized carbons (Fsp3) is 0.429. The first-order valence-electron chi connectivity index (χ1n) is 5.96. The molecule has 2 nitrogen and oxygen atoms in total. The predicted octanol–water partition coefficient (Wildman–Crippen LogP) is 3.28. The lowest BCUT2D eigenvalue weighted by atomic mass is 10.2. The van der Waals surface area contributed by atoms with Crippen LogP contribution in [-0.2, 0) is 6.54 Å².